The van der Waals surface area contributed by atoms with E-state index in [2.05, 4.69) is 30.7 Å². The van der Waals surface area contributed by atoms with Gasteiger partial charge in [-0.25, -0.2) is 4.98 Å². The molecule has 1 aliphatic heterocycles. The number of aromatic nitrogens is 1. The van der Waals surface area contributed by atoms with Crippen molar-refractivity contribution in [1.29, 1.82) is 0 Å². The van der Waals surface area contributed by atoms with Gasteiger partial charge in [-0.3, -0.25) is 4.90 Å². The lowest BCUT2D eigenvalue weighted by atomic mass is 9.94. The molecule has 0 saturated carbocycles. The van der Waals surface area contributed by atoms with Crippen molar-refractivity contribution in [3.05, 3.63) is 17.8 Å². The highest BCUT2D eigenvalue weighted by Gasteiger charge is 2.23. The first kappa shape index (κ1) is 14.5. The minimum absolute atomic E-state index is 0.0369. The molecule has 0 spiro atoms. The van der Waals surface area contributed by atoms with Gasteiger partial charge in [-0.1, -0.05) is 20.8 Å². The molecule has 0 aliphatic carbocycles. The predicted molar refractivity (Wildman–Crippen MR) is 76.9 cm³/mol. The van der Waals surface area contributed by atoms with Gasteiger partial charge in [-0.2, -0.15) is 0 Å². The Morgan fingerprint density at radius 1 is 1.47 bits per heavy atom. The second kappa shape index (κ2) is 6.06. The van der Waals surface area contributed by atoms with Crippen LogP contribution in [0, 0.1) is 5.92 Å². The largest absolute Gasteiger partial charge is 0.444 e. The quantitative estimate of drug-likeness (QED) is 0.909. The average molecular weight is 265 g/mol. The van der Waals surface area contributed by atoms with E-state index in [0.29, 0.717) is 0 Å². The molecule has 1 atom stereocenters. The van der Waals surface area contributed by atoms with Gasteiger partial charge in [-0.15, -0.1) is 0 Å². The Kier molecular flexibility index (Phi) is 4.63. The first-order valence-corrected chi connectivity index (χ1v) is 7.36. The standard InChI is InChI=1S/C15H27N3O/c1-15(2,3)13-9-17-14(19-13)11-18-8-4-5-12(10-18)6-7-16/h9,12H,4-8,10-11,16H2,1-3H3. The van der Waals surface area contributed by atoms with Crippen LogP contribution in [0.15, 0.2) is 10.6 Å². The smallest absolute Gasteiger partial charge is 0.208 e. The maximum Gasteiger partial charge on any atom is 0.208 e. The third-order valence-electron chi connectivity index (χ3n) is 3.83. The summed E-state index contributed by atoms with van der Waals surface area (Å²) in [7, 11) is 0. The van der Waals surface area contributed by atoms with E-state index in [1.54, 1.807) is 0 Å². The van der Waals surface area contributed by atoms with Crippen molar-refractivity contribution in [2.24, 2.45) is 11.7 Å². The number of rotatable bonds is 4. The van der Waals surface area contributed by atoms with Crippen molar-refractivity contribution in [2.45, 2.75) is 52.0 Å². The monoisotopic (exact) mass is 265 g/mol. The molecule has 108 valence electrons. The SMILES string of the molecule is CC(C)(C)c1cnc(CN2CCCC(CCN)C2)o1. The highest BCUT2D eigenvalue weighted by molar-refractivity contribution is 5.06. The Bertz CT molecular complexity index is 392. The summed E-state index contributed by atoms with van der Waals surface area (Å²) in [5.41, 5.74) is 5.70. The molecule has 2 heterocycles. The lowest BCUT2D eigenvalue weighted by Crippen LogP contribution is -2.35. The Hall–Kier alpha value is -0.870. The van der Waals surface area contributed by atoms with E-state index in [9.17, 15) is 0 Å². The third kappa shape index (κ3) is 4.05. The van der Waals surface area contributed by atoms with Crippen LogP contribution in [0.4, 0.5) is 0 Å². The lowest BCUT2D eigenvalue weighted by Gasteiger charge is -2.31. The van der Waals surface area contributed by atoms with E-state index in [-0.39, 0.29) is 5.41 Å². The maximum atomic E-state index is 5.87. The summed E-state index contributed by atoms with van der Waals surface area (Å²) in [4.78, 5) is 6.86. The molecule has 1 aliphatic rings. The molecule has 2 rings (SSSR count). The number of oxazole rings is 1. The van der Waals surface area contributed by atoms with Crippen LogP contribution in [0.1, 0.15) is 51.7 Å². The Morgan fingerprint density at radius 2 is 2.26 bits per heavy atom. The Balaban J connectivity index is 1.92. The zero-order valence-electron chi connectivity index (χ0n) is 12.5. The molecule has 0 aromatic carbocycles. The number of likely N-dealkylation sites (tertiary alicyclic amines) is 1. The van der Waals surface area contributed by atoms with Crippen molar-refractivity contribution in [1.82, 2.24) is 9.88 Å². The third-order valence-corrected chi connectivity index (χ3v) is 3.83. The molecule has 4 nitrogen and oxygen atoms in total. The zero-order chi connectivity index (χ0) is 13.9. The second-order valence-electron chi connectivity index (χ2n) is 6.69. The van der Waals surface area contributed by atoms with Crippen molar-refractivity contribution in [2.75, 3.05) is 19.6 Å². The summed E-state index contributed by atoms with van der Waals surface area (Å²) >= 11 is 0. The molecule has 19 heavy (non-hydrogen) atoms. The lowest BCUT2D eigenvalue weighted by molar-refractivity contribution is 0.149. The van der Waals surface area contributed by atoms with E-state index in [4.69, 9.17) is 10.2 Å². The van der Waals surface area contributed by atoms with Crippen LogP contribution >= 0.6 is 0 Å². The molecule has 1 aromatic rings. The number of piperidine rings is 1. The highest BCUT2D eigenvalue weighted by Crippen LogP contribution is 2.24. The van der Waals surface area contributed by atoms with E-state index in [0.717, 1.165) is 50.2 Å². The van der Waals surface area contributed by atoms with Gasteiger partial charge in [0, 0.05) is 12.0 Å². The molecule has 1 aromatic heterocycles. The van der Waals surface area contributed by atoms with Crippen LogP contribution in [0.2, 0.25) is 0 Å². The van der Waals surface area contributed by atoms with Crippen LogP contribution < -0.4 is 5.73 Å². The van der Waals surface area contributed by atoms with E-state index >= 15 is 0 Å². The molecule has 2 N–H and O–H groups in total. The summed E-state index contributed by atoms with van der Waals surface area (Å²) in [6, 6.07) is 0. The van der Waals surface area contributed by atoms with Crippen molar-refractivity contribution < 1.29 is 4.42 Å². The first-order chi connectivity index (χ1) is 8.99. The Morgan fingerprint density at radius 3 is 2.89 bits per heavy atom. The van der Waals surface area contributed by atoms with Crippen LogP contribution in [0.5, 0.6) is 0 Å². The van der Waals surface area contributed by atoms with E-state index < -0.39 is 0 Å². The average Bonchev–Trinajstić information content (AvgIpc) is 2.78. The summed E-state index contributed by atoms with van der Waals surface area (Å²) in [5.74, 6) is 2.56. The fraction of sp³-hybridized carbons (Fsp3) is 0.800. The van der Waals surface area contributed by atoms with Gasteiger partial charge in [0.15, 0.2) is 0 Å². The number of hydrogen-bond acceptors (Lipinski definition) is 4. The number of nitrogens with zero attached hydrogens (tertiary/aromatic N) is 2. The fourth-order valence-electron chi connectivity index (χ4n) is 2.69. The molecule has 1 fully saturated rings. The van der Waals surface area contributed by atoms with Crippen molar-refractivity contribution in [3.63, 3.8) is 0 Å². The van der Waals surface area contributed by atoms with Gasteiger partial charge >= 0.3 is 0 Å². The molecule has 1 unspecified atom stereocenters. The van der Waals surface area contributed by atoms with Gasteiger partial charge in [0.05, 0.1) is 12.7 Å². The van der Waals surface area contributed by atoms with Crippen LogP contribution in [0.3, 0.4) is 0 Å². The van der Waals surface area contributed by atoms with Crippen LogP contribution in [-0.4, -0.2) is 29.5 Å². The highest BCUT2D eigenvalue weighted by atomic mass is 16.4. The first-order valence-electron chi connectivity index (χ1n) is 7.36. The molecule has 0 radical (unpaired) electrons. The summed E-state index contributed by atoms with van der Waals surface area (Å²) < 4.78 is 5.87. The van der Waals surface area contributed by atoms with Crippen molar-refractivity contribution >= 4 is 0 Å². The van der Waals surface area contributed by atoms with Gasteiger partial charge in [0.1, 0.15) is 5.76 Å². The minimum atomic E-state index is 0.0369. The van der Waals surface area contributed by atoms with Gasteiger partial charge in [-0.05, 0) is 38.3 Å². The molecule has 1 saturated heterocycles. The van der Waals surface area contributed by atoms with Crippen LogP contribution in [-0.2, 0) is 12.0 Å². The van der Waals surface area contributed by atoms with Gasteiger partial charge in [0.25, 0.3) is 0 Å². The predicted octanol–water partition coefficient (Wildman–Crippen LogP) is 2.53. The maximum absolute atomic E-state index is 5.87. The topological polar surface area (TPSA) is 55.3 Å². The summed E-state index contributed by atoms with van der Waals surface area (Å²) in [6.45, 7) is 10.3. The van der Waals surface area contributed by atoms with Gasteiger partial charge < -0.3 is 10.2 Å². The molecule has 0 amide bonds. The molecular formula is C15H27N3O. The molecular weight excluding hydrogens is 238 g/mol. The zero-order valence-corrected chi connectivity index (χ0v) is 12.5. The van der Waals surface area contributed by atoms with Crippen LogP contribution in [0.25, 0.3) is 0 Å². The number of nitrogens with two attached hydrogens (primary N) is 1. The molecule has 0 bridgehead atoms. The fourth-order valence-corrected chi connectivity index (χ4v) is 2.69. The second-order valence-corrected chi connectivity index (χ2v) is 6.69. The summed E-state index contributed by atoms with van der Waals surface area (Å²) in [5, 5.41) is 0. The van der Waals surface area contributed by atoms with E-state index in [1.165, 1.54) is 12.8 Å². The van der Waals surface area contributed by atoms with Crippen molar-refractivity contribution in [3.8, 4) is 0 Å². The normalized spacial score (nSPS) is 21.8. The number of hydrogen-bond donors (Lipinski definition) is 1. The summed E-state index contributed by atoms with van der Waals surface area (Å²) in [6.07, 6.45) is 5.58. The molecule has 4 heteroatoms. The minimum Gasteiger partial charge on any atom is -0.444 e. The van der Waals surface area contributed by atoms with E-state index in [1.807, 2.05) is 6.20 Å². The Labute approximate surface area is 116 Å². The van der Waals surface area contributed by atoms with Gasteiger partial charge in [0.2, 0.25) is 5.89 Å².